The van der Waals surface area contributed by atoms with Crippen molar-refractivity contribution in [2.24, 2.45) is 0 Å². The number of amides is 1. The molecule has 0 radical (unpaired) electrons. The molecule has 3 heteroatoms. The summed E-state index contributed by atoms with van der Waals surface area (Å²) in [6.07, 6.45) is 3.83. The first-order chi connectivity index (χ1) is 7.65. The lowest BCUT2D eigenvalue weighted by molar-refractivity contribution is -0.114. The normalized spacial score (nSPS) is 15.4. The first-order valence-electron chi connectivity index (χ1n) is 5.80. The van der Waals surface area contributed by atoms with Crippen molar-refractivity contribution in [2.75, 3.05) is 10.6 Å². The van der Waals surface area contributed by atoms with Crippen LogP contribution in [0.15, 0.2) is 18.2 Å². The van der Waals surface area contributed by atoms with Gasteiger partial charge in [0.2, 0.25) is 5.91 Å². The van der Waals surface area contributed by atoms with Crippen molar-refractivity contribution in [3.05, 3.63) is 23.8 Å². The Bertz CT molecular complexity index is 397. The van der Waals surface area contributed by atoms with Gasteiger partial charge in [0.1, 0.15) is 0 Å². The molecule has 1 aliphatic carbocycles. The predicted molar refractivity (Wildman–Crippen MR) is 66.7 cm³/mol. The van der Waals surface area contributed by atoms with E-state index in [2.05, 4.69) is 16.7 Å². The zero-order valence-corrected chi connectivity index (χ0v) is 9.84. The van der Waals surface area contributed by atoms with E-state index in [-0.39, 0.29) is 5.91 Å². The van der Waals surface area contributed by atoms with Crippen molar-refractivity contribution >= 4 is 17.3 Å². The number of nitrogens with one attached hydrogen (secondary N) is 2. The lowest BCUT2D eigenvalue weighted by Gasteiger charge is -2.27. The topological polar surface area (TPSA) is 41.1 Å². The summed E-state index contributed by atoms with van der Waals surface area (Å²) in [4.78, 5) is 11.0. The summed E-state index contributed by atoms with van der Waals surface area (Å²) in [5.74, 6) is -0.0242. The summed E-state index contributed by atoms with van der Waals surface area (Å²) in [5.41, 5.74) is 3.09. The highest BCUT2D eigenvalue weighted by Gasteiger charge is 2.16. The van der Waals surface area contributed by atoms with Crippen LogP contribution in [0.25, 0.3) is 0 Å². The van der Waals surface area contributed by atoms with Crippen LogP contribution in [0.4, 0.5) is 11.4 Å². The van der Waals surface area contributed by atoms with Crippen LogP contribution in [0, 0.1) is 6.92 Å². The number of carbonyl (C=O) groups is 1. The summed E-state index contributed by atoms with van der Waals surface area (Å²) >= 11 is 0. The molecule has 0 atom stereocenters. The zero-order valence-electron chi connectivity index (χ0n) is 9.84. The minimum absolute atomic E-state index is 0.0242. The van der Waals surface area contributed by atoms with E-state index >= 15 is 0 Å². The molecule has 3 nitrogen and oxygen atoms in total. The van der Waals surface area contributed by atoms with E-state index in [9.17, 15) is 4.79 Å². The molecule has 86 valence electrons. The third-order valence-corrected chi connectivity index (χ3v) is 3.02. The quantitative estimate of drug-likeness (QED) is 0.819. The van der Waals surface area contributed by atoms with Gasteiger partial charge in [-0.15, -0.1) is 0 Å². The maximum atomic E-state index is 11.0. The van der Waals surface area contributed by atoms with E-state index in [1.165, 1.54) is 26.2 Å². The van der Waals surface area contributed by atoms with Gasteiger partial charge in [-0.25, -0.2) is 0 Å². The van der Waals surface area contributed by atoms with Gasteiger partial charge in [-0.1, -0.05) is 6.07 Å². The Morgan fingerprint density at radius 1 is 1.38 bits per heavy atom. The van der Waals surface area contributed by atoms with Crippen LogP contribution in [-0.2, 0) is 4.79 Å². The number of anilines is 2. The van der Waals surface area contributed by atoms with Gasteiger partial charge in [0.25, 0.3) is 0 Å². The molecule has 0 aromatic heterocycles. The second-order valence-electron chi connectivity index (χ2n) is 4.48. The first-order valence-corrected chi connectivity index (χ1v) is 5.80. The molecule has 0 bridgehead atoms. The number of aryl methyl sites for hydroxylation is 1. The minimum atomic E-state index is -0.0242. The molecule has 1 amide bonds. The van der Waals surface area contributed by atoms with Gasteiger partial charge in [-0.05, 0) is 43.9 Å². The molecule has 0 aliphatic heterocycles. The van der Waals surface area contributed by atoms with Crippen LogP contribution in [0.5, 0.6) is 0 Å². The number of carbonyl (C=O) groups excluding carboxylic acids is 1. The van der Waals surface area contributed by atoms with Gasteiger partial charge in [-0.2, -0.15) is 0 Å². The zero-order chi connectivity index (χ0) is 11.5. The maximum Gasteiger partial charge on any atom is 0.221 e. The minimum Gasteiger partial charge on any atom is -0.382 e. The van der Waals surface area contributed by atoms with E-state index in [1.54, 1.807) is 0 Å². The average Bonchev–Trinajstić information content (AvgIpc) is 2.15. The van der Waals surface area contributed by atoms with E-state index in [4.69, 9.17) is 0 Å². The summed E-state index contributed by atoms with van der Waals surface area (Å²) in [6, 6.07) is 6.73. The second-order valence-corrected chi connectivity index (χ2v) is 4.48. The molecule has 16 heavy (non-hydrogen) atoms. The number of hydrogen-bond donors (Lipinski definition) is 2. The second kappa shape index (κ2) is 4.56. The van der Waals surface area contributed by atoms with Gasteiger partial charge in [-0.3, -0.25) is 4.79 Å². The fraction of sp³-hybridized carbons (Fsp3) is 0.462. The monoisotopic (exact) mass is 218 g/mol. The van der Waals surface area contributed by atoms with Gasteiger partial charge in [0.05, 0.1) is 0 Å². The summed E-state index contributed by atoms with van der Waals surface area (Å²) in [7, 11) is 0. The molecule has 1 fully saturated rings. The van der Waals surface area contributed by atoms with Gasteiger partial charge in [0, 0.05) is 24.3 Å². The maximum absolute atomic E-state index is 11.0. The molecular weight excluding hydrogens is 200 g/mol. The Morgan fingerprint density at radius 3 is 2.69 bits per heavy atom. The highest BCUT2D eigenvalue weighted by molar-refractivity contribution is 5.90. The third-order valence-electron chi connectivity index (χ3n) is 3.02. The standard InChI is InChI=1S/C13H18N2O/c1-9-6-7-12(15-11-4-3-5-11)8-13(9)14-10(2)16/h6-8,11,15H,3-5H2,1-2H3,(H,14,16). The van der Waals surface area contributed by atoms with Gasteiger partial charge >= 0.3 is 0 Å². The molecule has 2 rings (SSSR count). The molecule has 0 unspecified atom stereocenters. The van der Waals surface area contributed by atoms with Crippen molar-refractivity contribution < 1.29 is 4.79 Å². The summed E-state index contributed by atoms with van der Waals surface area (Å²) in [6.45, 7) is 3.53. The SMILES string of the molecule is CC(=O)Nc1cc(NC2CCC2)ccc1C. The van der Waals surface area contributed by atoms with E-state index < -0.39 is 0 Å². The van der Waals surface area contributed by atoms with Crippen LogP contribution in [0.2, 0.25) is 0 Å². The Balaban J connectivity index is 2.10. The number of hydrogen-bond acceptors (Lipinski definition) is 2. The summed E-state index contributed by atoms with van der Waals surface area (Å²) < 4.78 is 0. The lowest BCUT2D eigenvalue weighted by atomic mass is 9.93. The Hall–Kier alpha value is -1.51. The van der Waals surface area contributed by atoms with Crippen molar-refractivity contribution in [1.82, 2.24) is 0 Å². The largest absolute Gasteiger partial charge is 0.382 e. The van der Waals surface area contributed by atoms with Crippen molar-refractivity contribution in [1.29, 1.82) is 0 Å². The molecule has 1 aromatic carbocycles. The predicted octanol–water partition coefficient (Wildman–Crippen LogP) is 2.92. The Kier molecular flexibility index (Phi) is 3.13. The fourth-order valence-corrected chi connectivity index (χ4v) is 1.82. The van der Waals surface area contributed by atoms with E-state index in [0.29, 0.717) is 6.04 Å². The Morgan fingerprint density at radius 2 is 2.12 bits per heavy atom. The molecule has 1 aromatic rings. The van der Waals surface area contributed by atoms with Crippen LogP contribution in [-0.4, -0.2) is 11.9 Å². The van der Waals surface area contributed by atoms with Crippen LogP contribution >= 0.6 is 0 Å². The molecule has 0 saturated heterocycles. The first kappa shape index (κ1) is 11.0. The Labute approximate surface area is 96.2 Å². The van der Waals surface area contributed by atoms with Gasteiger partial charge < -0.3 is 10.6 Å². The lowest BCUT2D eigenvalue weighted by Crippen LogP contribution is -2.27. The highest BCUT2D eigenvalue weighted by Crippen LogP contribution is 2.26. The van der Waals surface area contributed by atoms with Crippen molar-refractivity contribution in [2.45, 2.75) is 39.2 Å². The van der Waals surface area contributed by atoms with Gasteiger partial charge in [0.15, 0.2) is 0 Å². The molecule has 2 N–H and O–H groups in total. The number of rotatable bonds is 3. The highest BCUT2D eigenvalue weighted by atomic mass is 16.1. The van der Waals surface area contributed by atoms with Crippen LogP contribution in [0.3, 0.4) is 0 Å². The third kappa shape index (κ3) is 2.54. The molecule has 1 aliphatic rings. The van der Waals surface area contributed by atoms with E-state index in [0.717, 1.165) is 16.9 Å². The van der Waals surface area contributed by atoms with Crippen molar-refractivity contribution in [3.63, 3.8) is 0 Å². The molecule has 0 heterocycles. The van der Waals surface area contributed by atoms with Crippen LogP contribution in [0.1, 0.15) is 31.7 Å². The molecule has 0 spiro atoms. The smallest absolute Gasteiger partial charge is 0.221 e. The molecular formula is C13H18N2O. The van der Waals surface area contributed by atoms with E-state index in [1.807, 2.05) is 19.1 Å². The molecule has 1 saturated carbocycles. The van der Waals surface area contributed by atoms with Crippen LogP contribution < -0.4 is 10.6 Å². The summed E-state index contributed by atoms with van der Waals surface area (Å²) in [5, 5.41) is 6.31. The van der Waals surface area contributed by atoms with Crippen molar-refractivity contribution in [3.8, 4) is 0 Å². The average molecular weight is 218 g/mol. The fourth-order valence-electron chi connectivity index (χ4n) is 1.82. The number of benzene rings is 1.